The Morgan fingerprint density at radius 2 is 1.90 bits per heavy atom. The Morgan fingerprint density at radius 3 is 2.50 bits per heavy atom. The van der Waals surface area contributed by atoms with Crippen molar-refractivity contribution in [3.8, 4) is 0 Å². The van der Waals surface area contributed by atoms with Crippen LogP contribution in [-0.2, 0) is 10.9 Å². The molecule has 0 amide bonds. The zero-order chi connectivity index (χ0) is 15.2. The second-order valence-corrected chi connectivity index (χ2v) is 4.38. The number of hydrogen-bond donors (Lipinski definition) is 0. The highest BCUT2D eigenvalue weighted by molar-refractivity contribution is 5.91. The van der Waals surface area contributed by atoms with Crippen molar-refractivity contribution in [2.45, 2.75) is 38.8 Å². The first-order chi connectivity index (χ1) is 9.36. The number of carbonyl (C=O) groups excluding carboxylic acids is 1. The molecule has 0 spiro atoms. The molecule has 1 aromatic carbocycles. The number of carbonyl (C=O) groups is 1. The summed E-state index contributed by atoms with van der Waals surface area (Å²) in [4.78, 5) is 11.6. The van der Waals surface area contributed by atoms with Crippen LogP contribution in [0.3, 0.4) is 0 Å². The van der Waals surface area contributed by atoms with Crippen molar-refractivity contribution in [2.75, 3.05) is 6.61 Å². The monoisotopic (exact) mass is 292 g/mol. The summed E-state index contributed by atoms with van der Waals surface area (Å²) in [7, 11) is 0. The molecule has 0 fully saturated rings. The smallest absolute Gasteiger partial charge is 0.417 e. The van der Waals surface area contributed by atoms with E-state index >= 15 is 0 Å². The van der Waals surface area contributed by atoms with Crippen molar-refractivity contribution in [3.05, 3.63) is 35.1 Å². The molecule has 0 aliphatic heterocycles. The van der Waals surface area contributed by atoms with Gasteiger partial charge in [0.2, 0.25) is 0 Å². The second kappa shape index (κ2) is 7.26. The Hall–Kier alpha value is -1.59. The largest absolute Gasteiger partial charge is 0.462 e. The number of benzene rings is 1. The molecule has 0 heterocycles. The number of unbranched alkanes of at least 4 members (excludes halogenated alkanes) is 3. The van der Waals surface area contributed by atoms with Crippen LogP contribution in [0.25, 0.3) is 0 Å². The van der Waals surface area contributed by atoms with Gasteiger partial charge < -0.3 is 4.74 Å². The van der Waals surface area contributed by atoms with Gasteiger partial charge in [-0.3, -0.25) is 0 Å². The van der Waals surface area contributed by atoms with E-state index in [9.17, 15) is 22.4 Å². The summed E-state index contributed by atoms with van der Waals surface area (Å²) < 4.78 is 55.8. The Labute approximate surface area is 114 Å². The molecule has 0 aromatic heterocycles. The van der Waals surface area contributed by atoms with Crippen LogP contribution in [0.2, 0.25) is 0 Å². The highest BCUT2D eigenvalue weighted by Gasteiger charge is 2.36. The first-order valence-electron chi connectivity index (χ1n) is 6.40. The maximum absolute atomic E-state index is 12.9. The first-order valence-corrected chi connectivity index (χ1v) is 6.40. The summed E-state index contributed by atoms with van der Waals surface area (Å²) in [6, 6.07) is 1.91. The van der Waals surface area contributed by atoms with E-state index in [0.717, 1.165) is 31.4 Å². The molecule has 112 valence electrons. The third kappa shape index (κ3) is 4.83. The van der Waals surface area contributed by atoms with Crippen molar-refractivity contribution in [1.29, 1.82) is 0 Å². The van der Waals surface area contributed by atoms with Crippen molar-refractivity contribution in [3.63, 3.8) is 0 Å². The number of hydrogen-bond acceptors (Lipinski definition) is 2. The SMILES string of the molecule is CCCCCCOC(=O)c1ccc(F)cc1C(F)(F)F. The molecular weight excluding hydrogens is 276 g/mol. The third-order valence-electron chi connectivity index (χ3n) is 2.74. The van der Waals surface area contributed by atoms with Gasteiger partial charge in [-0.2, -0.15) is 13.2 Å². The van der Waals surface area contributed by atoms with E-state index in [2.05, 4.69) is 0 Å². The van der Waals surface area contributed by atoms with Crippen LogP contribution in [0, 0.1) is 5.82 Å². The lowest BCUT2D eigenvalue weighted by molar-refractivity contribution is -0.138. The van der Waals surface area contributed by atoms with E-state index in [-0.39, 0.29) is 6.61 Å². The van der Waals surface area contributed by atoms with E-state index in [1.165, 1.54) is 0 Å². The Kier molecular flexibility index (Phi) is 5.98. The highest BCUT2D eigenvalue weighted by Crippen LogP contribution is 2.32. The molecule has 0 N–H and O–H groups in total. The number of alkyl halides is 3. The normalized spacial score (nSPS) is 11.4. The van der Waals surface area contributed by atoms with E-state index in [0.29, 0.717) is 12.5 Å². The maximum Gasteiger partial charge on any atom is 0.417 e. The van der Waals surface area contributed by atoms with E-state index in [1.54, 1.807) is 0 Å². The van der Waals surface area contributed by atoms with Gasteiger partial charge in [-0.05, 0) is 24.6 Å². The van der Waals surface area contributed by atoms with Crippen molar-refractivity contribution in [2.24, 2.45) is 0 Å². The van der Waals surface area contributed by atoms with Gasteiger partial charge in [-0.1, -0.05) is 26.2 Å². The number of rotatable bonds is 6. The number of esters is 1. The van der Waals surface area contributed by atoms with Gasteiger partial charge in [0.05, 0.1) is 17.7 Å². The zero-order valence-electron chi connectivity index (χ0n) is 11.1. The minimum atomic E-state index is -4.79. The molecule has 6 heteroatoms. The lowest BCUT2D eigenvalue weighted by Crippen LogP contribution is -2.16. The maximum atomic E-state index is 12.9. The second-order valence-electron chi connectivity index (χ2n) is 4.38. The quantitative estimate of drug-likeness (QED) is 0.436. The molecule has 1 aromatic rings. The first kappa shape index (κ1) is 16.5. The average Bonchev–Trinajstić information content (AvgIpc) is 2.37. The van der Waals surface area contributed by atoms with Crippen LogP contribution < -0.4 is 0 Å². The fourth-order valence-corrected chi connectivity index (χ4v) is 1.70. The molecule has 0 aliphatic rings. The Morgan fingerprint density at radius 1 is 1.20 bits per heavy atom. The van der Waals surface area contributed by atoms with Crippen LogP contribution in [0.1, 0.15) is 48.5 Å². The van der Waals surface area contributed by atoms with Gasteiger partial charge in [-0.25, -0.2) is 9.18 Å². The molecular formula is C14H16F4O2. The molecule has 20 heavy (non-hydrogen) atoms. The van der Waals surface area contributed by atoms with Gasteiger partial charge in [-0.15, -0.1) is 0 Å². The lowest BCUT2D eigenvalue weighted by atomic mass is 10.1. The molecule has 0 unspecified atom stereocenters. The third-order valence-corrected chi connectivity index (χ3v) is 2.74. The number of halogens is 4. The summed E-state index contributed by atoms with van der Waals surface area (Å²) in [6.45, 7) is 2.08. The molecule has 0 bridgehead atoms. The Bertz CT molecular complexity index is 455. The van der Waals surface area contributed by atoms with Crippen molar-refractivity contribution >= 4 is 5.97 Å². The van der Waals surface area contributed by atoms with Crippen LogP contribution >= 0.6 is 0 Å². The summed E-state index contributed by atoms with van der Waals surface area (Å²) >= 11 is 0. The average molecular weight is 292 g/mol. The minimum Gasteiger partial charge on any atom is -0.462 e. The van der Waals surface area contributed by atoms with Gasteiger partial charge in [0.15, 0.2) is 0 Å². The summed E-state index contributed by atoms with van der Waals surface area (Å²) in [5, 5.41) is 0. The highest BCUT2D eigenvalue weighted by atomic mass is 19.4. The van der Waals surface area contributed by atoms with Crippen LogP contribution in [0.4, 0.5) is 17.6 Å². The summed E-state index contributed by atoms with van der Waals surface area (Å²) in [5.41, 5.74) is -1.97. The Balaban J connectivity index is 2.73. The molecule has 2 nitrogen and oxygen atoms in total. The predicted octanol–water partition coefficient (Wildman–Crippen LogP) is 4.58. The van der Waals surface area contributed by atoms with Crippen LogP contribution in [-0.4, -0.2) is 12.6 Å². The fourth-order valence-electron chi connectivity index (χ4n) is 1.70. The van der Waals surface area contributed by atoms with Crippen LogP contribution in [0.15, 0.2) is 18.2 Å². The zero-order valence-corrected chi connectivity index (χ0v) is 11.1. The van der Waals surface area contributed by atoms with E-state index in [1.807, 2.05) is 6.92 Å². The molecule has 0 aliphatic carbocycles. The molecule has 0 saturated carbocycles. The van der Waals surface area contributed by atoms with Crippen molar-refractivity contribution < 1.29 is 27.1 Å². The standard InChI is InChI=1S/C14H16F4O2/c1-2-3-4-5-8-20-13(19)11-7-6-10(15)9-12(11)14(16,17)18/h6-7,9H,2-5,8H2,1H3. The van der Waals surface area contributed by atoms with E-state index < -0.39 is 29.1 Å². The minimum absolute atomic E-state index is 0.0630. The number of ether oxygens (including phenoxy) is 1. The summed E-state index contributed by atoms with van der Waals surface area (Å²) in [5.74, 6) is -2.12. The van der Waals surface area contributed by atoms with Gasteiger partial charge in [0, 0.05) is 0 Å². The van der Waals surface area contributed by atoms with E-state index in [4.69, 9.17) is 4.74 Å². The predicted molar refractivity (Wildman–Crippen MR) is 65.8 cm³/mol. The van der Waals surface area contributed by atoms with Crippen LogP contribution in [0.5, 0.6) is 0 Å². The van der Waals surface area contributed by atoms with Gasteiger partial charge >= 0.3 is 12.1 Å². The molecule has 0 radical (unpaired) electrons. The topological polar surface area (TPSA) is 26.3 Å². The van der Waals surface area contributed by atoms with Crippen molar-refractivity contribution in [1.82, 2.24) is 0 Å². The van der Waals surface area contributed by atoms with Gasteiger partial charge in [0.1, 0.15) is 5.82 Å². The van der Waals surface area contributed by atoms with Gasteiger partial charge in [0.25, 0.3) is 0 Å². The molecule has 0 saturated heterocycles. The molecule has 1 rings (SSSR count). The fraction of sp³-hybridized carbons (Fsp3) is 0.500. The lowest BCUT2D eigenvalue weighted by Gasteiger charge is -2.12. The molecule has 0 atom stereocenters. The summed E-state index contributed by atoms with van der Waals surface area (Å²) in [6.07, 6.45) is -1.37.